The van der Waals surface area contributed by atoms with Gasteiger partial charge in [-0.1, -0.05) is 0 Å². The maximum absolute atomic E-state index is 12.2. The molecular weight excluding hydrogens is 236 g/mol. The second-order valence-corrected chi connectivity index (χ2v) is 5.52. The van der Waals surface area contributed by atoms with E-state index >= 15 is 0 Å². The van der Waals surface area contributed by atoms with Crippen molar-refractivity contribution < 1.29 is 19.1 Å². The molecule has 1 aliphatic carbocycles. The van der Waals surface area contributed by atoms with E-state index in [1.807, 2.05) is 0 Å². The number of barbiturate groups is 1. The van der Waals surface area contributed by atoms with Crippen molar-refractivity contribution in [1.82, 2.24) is 10.2 Å². The van der Waals surface area contributed by atoms with Crippen molar-refractivity contribution in [3.05, 3.63) is 0 Å². The Morgan fingerprint density at radius 3 is 2.33 bits per heavy atom. The Morgan fingerprint density at radius 1 is 1.28 bits per heavy atom. The number of ether oxygens (including phenoxy) is 1. The number of urea groups is 1. The van der Waals surface area contributed by atoms with Gasteiger partial charge in [0.25, 0.3) is 0 Å². The molecule has 1 saturated carbocycles. The lowest BCUT2D eigenvalue weighted by molar-refractivity contribution is -0.154. The summed E-state index contributed by atoms with van der Waals surface area (Å²) in [5.74, 6) is -1.01. The highest BCUT2D eigenvalue weighted by Crippen LogP contribution is 2.37. The Hall–Kier alpha value is -1.43. The molecule has 1 saturated heterocycles. The van der Waals surface area contributed by atoms with Crippen LogP contribution in [0, 0.1) is 5.41 Å². The number of carbonyl (C=O) groups excluding carboxylic acids is 3. The van der Waals surface area contributed by atoms with Gasteiger partial charge in [0, 0.05) is 7.11 Å². The van der Waals surface area contributed by atoms with Crippen LogP contribution in [0.5, 0.6) is 0 Å². The molecule has 0 aromatic carbocycles. The molecule has 6 nitrogen and oxygen atoms in total. The Kier molecular flexibility index (Phi) is 2.93. The Labute approximate surface area is 106 Å². The third-order valence-electron chi connectivity index (χ3n) is 3.96. The highest BCUT2D eigenvalue weighted by Gasteiger charge is 2.50. The van der Waals surface area contributed by atoms with Gasteiger partial charge in [-0.05, 0) is 33.1 Å². The third-order valence-corrected chi connectivity index (χ3v) is 3.96. The molecule has 2 aliphatic rings. The maximum Gasteiger partial charge on any atom is 0.330 e. The molecule has 0 atom stereocenters. The second kappa shape index (κ2) is 4.05. The van der Waals surface area contributed by atoms with E-state index in [1.165, 1.54) is 13.8 Å². The van der Waals surface area contributed by atoms with Crippen molar-refractivity contribution >= 4 is 17.8 Å². The summed E-state index contributed by atoms with van der Waals surface area (Å²) in [7, 11) is 1.59. The van der Waals surface area contributed by atoms with E-state index in [2.05, 4.69) is 5.32 Å². The Balaban J connectivity index is 2.19. The van der Waals surface area contributed by atoms with Gasteiger partial charge in [0.1, 0.15) is 5.41 Å². The molecule has 2 fully saturated rings. The van der Waals surface area contributed by atoms with E-state index in [4.69, 9.17) is 4.74 Å². The summed E-state index contributed by atoms with van der Waals surface area (Å²) in [4.78, 5) is 36.6. The fourth-order valence-corrected chi connectivity index (χ4v) is 2.28. The molecular formula is C12H18N2O4. The summed E-state index contributed by atoms with van der Waals surface area (Å²) in [6, 6.07) is -0.646. The first-order valence-corrected chi connectivity index (χ1v) is 6.05. The highest BCUT2D eigenvalue weighted by molar-refractivity contribution is 6.18. The normalized spacial score (nSPS) is 25.7. The molecule has 1 heterocycles. The SMILES string of the molecule is COC1(CN2C(=O)NC(=O)C(C)(C)C2=O)CCC1. The van der Waals surface area contributed by atoms with Crippen LogP contribution >= 0.6 is 0 Å². The monoisotopic (exact) mass is 254 g/mol. The predicted molar refractivity (Wildman–Crippen MR) is 62.6 cm³/mol. The number of nitrogens with one attached hydrogen (secondary N) is 1. The Morgan fingerprint density at radius 2 is 1.89 bits per heavy atom. The zero-order chi connectivity index (χ0) is 13.6. The van der Waals surface area contributed by atoms with Crippen LogP contribution in [0.2, 0.25) is 0 Å². The summed E-state index contributed by atoms with van der Waals surface area (Å²) in [6.45, 7) is 3.25. The van der Waals surface area contributed by atoms with Crippen molar-refractivity contribution in [3.63, 3.8) is 0 Å². The van der Waals surface area contributed by atoms with Crippen LogP contribution in [0.4, 0.5) is 4.79 Å². The zero-order valence-corrected chi connectivity index (χ0v) is 10.9. The number of carbonyl (C=O) groups is 3. The summed E-state index contributed by atoms with van der Waals surface area (Å²) < 4.78 is 5.41. The van der Waals surface area contributed by atoms with Crippen LogP contribution in [0.25, 0.3) is 0 Å². The number of hydrogen-bond donors (Lipinski definition) is 1. The fraction of sp³-hybridized carbons (Fsp3) is 0.750. The molecule has 100 valence electrons. The largest absolute Gasteiger partial charge is 0.376 e. The van der Waals surface area contributed by atoms with Crippen molar-refractivity contribution in [1.29, 1.82) is 0 Å². The van der Waals surface area contributed by atoms with Gasteiger partial charge in [-0.2, -0.15) is 0 Å². The van der Waals surface area contributed by atoms with E-state index in [9.17, 15) is 14.4 Å². The lowest BCUT2D eigenvalue weighted by atomic mass is 9.78. The highest BCUT2D eigenvalue weighted by atomic mass is 16.5. The van der Waals surface area contributed by atoms with Gasteiger partial charge >= 0.3 is 6.03 Å². The number of amides is 4. The molecule has 1 aliphatic heterocycles. The average molecular weight is 254 g/mol. The van der Waals surface area contributed by atoms with Crippen LogP contribution < -0.4 is 5.32 Å². The first-order chi connectivity index (χ1) is 8.32. The number of methoxy groups -OCH3 is 1. The Bertz CT molecular complexity index is 407. The predicted octanol–water partition coefficient (Wildman–Crippen LogP) is 0.660. The van der Waals surface area contributed by atoms with Gasteiger partial charge < -0.3 is 4.74 Å². The summed E-state index contributed by atoms with van der Waals surface area (Å²) in [6.07, 6.45) is 2.68. The minimum atomic E-state index is -1.20. The third kappa shape index (κ3) is 1.80. The van der Waals surface area contributed by atoms with Crippen molar-refractivity contribution in [2.24, 2.45) is 5.41 Å². The van der Waals surface area contributed by atoms with E-state index in [0.717, 1.165) is 24.2 Å². The van der Waals surface area contributed by atoms with Crippen molar-refractivity contribution in [3.8, 4) is 0 Å². The van der Waals surface area contributed by atoms with Gasteiger partial charge in [-0.15, -0.1) is 0 Å². The minimum absolute atomic E-state index is 0.213. The van der Waals surface area contributed by atoms with Crippen LogP contribution in [-0.4, -0.2) is 42.0 Å². The van der Waals surface area contributed by atoms with Crippen LogP contribution in [0.15, 0.2) is 0 Å². The quantitative estimate of drug-likeness (QED) is 0.751. The number of nitrogens with zero attached hydrogens (tertiary/aromatic N) is 1. The van der Waals surface area contributed by atoms with Crippen molar-refractivity contribution in [2.75, 3.05) is 13.7 Å². The topological polar surface area (TPSA) is 75.7 Å². The average Bonchev–Trinajstić information content (AvgIpc) is 2.25. The molecule has 1 N–H and O–H groups in total. The summed E-state index contributed by atoms with van der Waals surface area (Å²) in [5, 5.41) is 2.22. The first-order valence-electron chi connectivity index (χ1n) is 6.05. The lowest BCUT2D eigenvalue weighted by Crippen LogP contribution is -2.65. The number of rotatable bonds is 3. The molecule has 18 heavy (non-hydrogen) atoms. The zero-order valence-electron chi connectivity index (χ0n) is 10.9. The molecule has 0 aromatic rings. The fourth-order valence-electron chi connectivity index (χ4n) is 2.28. The second-order valence-electron chi connectivity index (χ2n) is 5.52. The van der Waals surface area contributed by atoms with Gasteiger partial charge in [-0.25, -0.2) is 4.79 Å². The van der Waals surface area contributed by atoms with Gasteiger partial charge in [0.2, 0.25) is 11.8 Å². The molecule has 4 amide bonds. The van der Waals surface area contributed by atoms with Gasteiger partial charge in [0.05, 0.1) is 12.1 Å². The molecule has 0 aromatic heterocycles. The number of hydrogen-bond acceptors (Lipinski definition) is 4. The van der Waals surface area contributed by atoms with Crippen LogP contribution in [0.1, 0.15) is 33.1 Å². The van der Waals surface area contributed by atoms with E-state index in [0.29, 0.717) is 0 Å². The van der Waals surface area contributed by atoms with Gasteiger partial charge in [-0.3, -0.25) is 19.8 Å². The maximum atomic E-state index is 12.2. The van der Waals surface area contributed by atoms with E-state index < -0.39 is 28.9 Å². The molecule has 0 radical (unpaired) electrons. The van der Waals surface area contributed by atoms with E-state index in [1.54, 1.807) is 7.11 Å². The van der Waals surface area contributed by atoms with E-state index in [-0.39, 0.29) is 6.54 Å². The molecule has 0 spiro atoms. The smallest absolute Gasteiger partial charge is 0.330 e. The van der Waals surface area contributed by atoms with Gasteiger partial charge in [0.15, 0.2) is 0 Å². The first kappa shape index (κ1) is 13.0. The molecule has 0 unspecified atom stereocenters. The summed E-state index contributed by atoms with van der Waals surface area (Å²) >= 11 is 0. The molecule has 2 rings (SSSR count). The van der Waals surface area contributed by atoms with Crippen LogP contribution in [0.3, 0.4) is 0 Å². The van der Waals surface area contributed by atoms with Crippen molar-refractivity contribution in [2.45, 2.75) is 38.7 Å². The molecule has 6 heteroatoms. The minimum Gasteiger partial charge on any atom is -0.376 e. The lowest BCUT2D eigenvalue weighted by Gasteiger charge is -2.45. The standard InChI is InChI=1S/C12H18N2O4/c1-11(2)8(15)13-10(17)14(9(11)16)7-12(18-3)5-4-6-12/h4-7H2,1-3H3,(H,13,15,17). The summed E-state index contributed by atoms with van der Waals surface area (Å²) in [5.41, 5.74) is -1.63. The number of imide groups is 2. The van der Waals surface area contributed by atoms with Crippen LogP contribution in [-0.2, 0) is 14.3 Å². The molecule has 0 bridgehead atoms.